The SMILES string of the molecule is CN(C)C[C@H]1OCc2ccccc2[C@@H]1O. The van der Waals surface area contributed by atoms with Crippen LogP contribution in [0.25, 0.3) is 0 Å². The number of rotatable bonds is 2. The van der Waals surface area contributed by atoms with Gasteiger partial charge in [0.05, 0.1) is 6.61 Å². The number of fused-ring (bicyclic) bond motifs is 1. The van der Waals surface area contributed by atoms with Crippen LogP contribution in [0.15, 0.2) is 24.3 Å². The molecule has 0 aromatic heterocycles. The molecule has 0 amide bonds. The smallest absolute Gasteiger partial charge is 0.107 e. The van der Waals surface area contributed by atoms with Crippen molar-refractivity contribution in [3.63, 3.8) is 0 Å². The summed E-state index contributed by atoms with van der Waals surface area (Å²) in [6, 6.07) is 7.91. The van der Waals surface area contributed by atoms with Crippen molar-refractivity contribution in [3.8, 4) is 0 Å². The number of benzene rings is 1. The van der Waals surface area contributed by atoms with Crippen LogP contribution >= 0.6 is 0 Å². The normalized spacial score (nSPS) is 25.3. The van der Waals surface area contributed by atoms with Crippen molar-refractivity contribution in [2.24, 2.45) is 0 Å². The first-order valence-electron chi connectivity index (χ1n) is 5.20. The molecule has 3 heteroatoms. The maximum atomic E-state index is 10.1. The van der Waals surface area contributed by atoms with Gasteiger partial charge in [-0.05, 0) is 25.2 Å². The Balaban J connectivity index is 2.18. The van der Waals surface area contributed by atoms with E-state index >= 15 is 0 Å². The minimum atomic E-state index is -0.502. The van der Waals surface area contributed by atoms with Gasteiger partial charge in [0.15, 0.2) is 0 Å². The van der Waals surface area contributed by atoms with Gasteiger partial charge in [0.25, 0.3) is 0 Å². The highest BCUT2D eigenvalue weighted by Crippen LogP contribution is 2.29. The number of hydrogen-bond donors (Lipinski definition) is 1. The van der Waals surface area contributed by atoms with Gasteiger partial charge in [-0.3, -0.25) is 0 Å². The van der Waals surface area contributed by atoms with Crippen LogP contribution in [-0.4, -0.2) is 36.8 Å². The third-order valence-electron chi connectivity index (χ3n) is 2.72. The maximum Gasteiger partial charge on any atom is 0.107 e. The first-order chi connectivity index (χ1) is 7.18. The molecule has 0 bridgehead atoms. The Morgan fingerprint density at radius 3 is 2.87 bits per heavy atom. The maximum absolute atomic E-state index is 10.1. The first-order valence-corrected chi connectivity index (χ1v) is 5.20. The summed E-state index contributed by atoms with van der Waals surface area (Å²) >= 11 is 0. The zero-order valence-electron chi connectivity index (χ0n) is 9.18. The fourth-order valence-corrected chi connectivity index (χ4v) is 1.95. The number of hydrogen-bond acceptors (Lipinski definition) is 3. The summed E-state index contributed by atoms with van der Waals surface area (Å²) in [5.74, 6) is 0. The Labute approximate surface area is 90.3 Å². The van der Waals surface area contributed by atoms with E-state index in [0.29, 0.717) is 6.61 Å². The predicted molar refractivity (Wildman–Crippen MR) is 58.5 cm³/mol. The molecule has 2 rings (SSSR count). The minimum Gasteiger partial charge on any atom is -0.386 e. The lowest BCUT2D eigenvalue weighted by molar-refractivity contribution is -0.0720. The summed E-state index contributed by atoms with van der Waals surface area (Å²) in [6.07, 6.45) is -0.618. The Hall–Kier alpha value is -0.900. The highest BCUT2D eigenvalue weighted by molar-refractivity contribution is 5.30. The van der Waals surface area contributed by atoms with Crippen molar-refractivity contribution in [2.45, 2.75) is 18.8 Å². The van der Waals surface area contributed by atoms with Crippen LogP contribution in [0.4, 0.5) is 0 Å². The second-order valence-electron chi connectivity index (χ2n) is 4.26. The van der Waals surface area contributed by atoms with E-state index in [-0.39, 0.29) is 6.10 Å². The lowest BCUT2D eigenvalue weighted by atomic mass is 9.96. The van der Waals surface area contributed by atoms with Crippen molar-refractivity contribution in [1.29, 1.82) is 0 Å². The van der Waals surface area contributed by atoms with Gasteiger partial charge < -0.3 is 14.7 Å². The van der Waals surface area contributed by atoms with Gasteiger partial charge in [0, 0.05) is 6.54 Å². The number of aliphatic hydroxyl groups excluding tert-OH is 1. The van der Waals surface area contributed by atoms with Crippen molar-refractivity contribution in [3.05, 3.63) is 35.4 Å². The molecule has 1 heterocycles. The third kappa shape index (κ3) is 2.20. The molecule has 1 aromatic rings. The lowest BCUT2D eigenvalue weighted by Crippen LogP contribution is -2.36. The summed E-state index contributed by atoms with van der Waals surface area (Å²) in [5.41, 5.74) is 2.11. The molecule has 1 aliphatic heterocycles. The van der Waals surface area contributed by atoms with Gasteiger partial charge in [-0.15, -0.1) is 0 Å². The molecule has 0 radical (unpaired) electrons. The third-order valence-corrected chi connectivity index (χ3v) is 2.72. The molecular weight excluding hydrogens is 190 g/mol. The quantitative estimate of drug-likeness (QED) is 0.790. The summed E-state index contributed by atoms with van der Waals surface area (Å²) in [5, 5.41) is 10.1. The van der Waals surface area contributed by atoms with E-state index in [1.807, 2.05) is 43.3 Å². The summed E-state index contributed by atoms with van der Waals surface area (Å²) < 4.78 is 5.64. The van der Waals surface area contributed by atoms with Gasteiger partial charge >= 0.3 is 0 Å². The number of ether oxygens (including phenoxy) is 1. The van der Waals surface area contributed by atoms with Crippen molar-refractivity contribution >= 4 is 0 Å². The van der Waals surface area contributed by atoms with Gasteiger partial charge in [0.1, 0.15) is 12.2 Å². The van der Waals surface area contributed by atoms with Crippen molar-refractivity contribution < 1.29 is 9.84 Å². The molecule has 82 valence electrons. The van der Waals surface area contributed by atoms with Crippen LogP contribution < -0.4 is 0 Å². The standard InChI is InChI=1S/C12H17NO2/c1-13(2)7-11-12(14)10-6-4-3-5-9(10)8-15-11/h3-6,11-12,14H,7-8H2,1-2H3/t11-,12+/m1/s1. The Morgan fingerprint density at radius 1 is 1.40 bits per heavy atom. The van der Waals surface area contributed by atoms with Gasteiger partial charge in [-0.25, -0.2) is 0 Å². The average molecular weight is 207 g/mol. The molecule has 0 aliphatic carbocycles. The largest absolute Gasteiger partial charge is 0.386 e. The molecule has 0 unspecified atom stereocenters. The van der Waals surface area contributed by atoms with Crippen LogP contribution in [0.5, 0.6) is 0 Å². The lowest BCUT2D eigenvalue weighted by Gasteiger charge is -2.32. The molecule has 1 aromatic carbocycles. The number of nitrogens with zero attached hydrogens (tertiary/aromatic N) is 1. The molecule has 1 N–H and O–H groups in total. The zero-order chi connectivity index (χ0) is 10.8. The van der Waals surface area contributed by atoms with Gasteiger partial charge in [-0.1, -0.05) is 24.3 Å². The fourth-order valence-electron chi connectivity index (χ4n) is 1.95. The van der Waals surface area contributed by atoms with Gasteiger partial charge in [-0.2, -0.15) is 0 Å². The number of aliphatic hydroxyl groups is 1. The summed E-state index contributed by atoms with van der Waals surface area (Å²) in [7, 11) is 3.97. The van der Waals surface area contributed by atoms with Crippen molar-refractivity contribution in [1.82, 2.24) is 4.90 Å². The van der Waals surface area contributed by atoms with E-state index in [2.05, 4.69) is 0 Å². The van der Waals surface area contributed by atoms with Gasteiger partial charge in [0.2, 0.25) is 0 Å². The molecular formula is C12H17NO2. The highest BCUT2D eigenvalue weighted by Gasteiger charge is 2.28. The molecule has 1 aliphatic rings. The highest BCUT2D eigenvalue weighted by atomic mass is 16.5. The van der Waals surface area contributed by atoms with Crippen molar-refractivity contribution in [2.75, 3.05) is 20.6 Å². The second kappa shape index (κ2) is 4.31. The van der Waals surface area contributed by atoms with E-state index in [1.54, 1.807) is 0 Å². The Kier molecular flexibility index (Phi) is 3.05. The zero-order valence-corrected chi connectivity index (χ0v) is 9.18. The second-order valence-corrected chi connectivity index (χ2v) is 4.26. The Bertz CT molecular complexity index is 338. The first kappa shape index (κ1) is 10.6. The van der Waals surface area contributed by atoms with E-state index in [0.717, 1.165) is 17.7 Å². The Morgan fingerprint density at radius 2 is 2.13 bits per heavy atom. The van der Waals surface area contributed by atoms with E-state index in [9.17, 15) is 5.11 Å². The molecule has 2 atom stereocenters. The minimum absolute atomic E-state index is 0.116. The average Bonchev–Trinajstić information content (AvgIpc) is 2.22. The van der Waals surface area contributed by atoms with E-state index in [4.69, 9.17) is 4.74 Å². The molecule has 0 saturated heterocycles. The van der Waals surface area contributed by atoms with Crippen LogP contribution in [0.2, 0.25) is 0 Å². The van der Waals surface area contributed by atoms with Crippen LogP contribution in [0.1, 0.15) is 17.2 Å². The number of likely N-dealkylation sites (N-methyl/N-ethyl adjacent to an activating group) is 1. The van der Waals surface area contributed by atoms with E-state index in [1.165, 1.54) is 0 Å². The molecule has 0 saturated carbocycles. The fraction of sp³-hybridized carbons (Fsp3) is 0.500. The summed E-state index contributed by atoms with van der Waals surface area (Å²) in [4.78, 5) is 2.03. The van der Waals surface area contributed by atoms with Crippen LogP contribution in [0.3, 0.4) is 0 Å². The predicted octanol–water partition coefficient (Wildman–Crippen LogP) is 1.18. The van der Waals surface area contributed by atoms with E-state index < -0.39 is 6.10 Å². The topological polar surface area (TPSA) is 32.7 Å². The summed E-state index contributed by atoms with van der Waals surface area (Å²) in [6.45, 7) is 1.35. The monoisotopic (exact) mass is 207 g/mol. The van der Waals surface area contributed by atoms with Crippen LogP contribution in [0, 0.1) is 0 Å². The molecule has 0 spiro atoms. The molecule has 0 fully saturated rings. The molecule has 15 heavy (non-hydrogen) atoms. The van der Waals surface area contributed by atoms with Crippen LogP contribution in [-0.2, 0) is 11.3 Å². The molecule has 3 nitrogen and oxygen atoms in total.